The maximum Gasteiger partial charge on any atom is 0.472 e. The number of carbonyl (C=O) groups excluding carboxylic acids is 4. The van der Waals surface area contributed by atoms with Crippen LogP contribution >= 0.6 is 15.6 Å². The van der Waals surface area contributed by atoms with Crippen LogP contribution in [0, 0.1) is 23.7 Å². The van der Waals surface area contributed by atoms with Crippen molar-refractivity contribution in [1.29, 1.82) is 0 Å². The van der Waals surface area contributed by atoms with Gasteiger partial charge in [-0.25, -0.2) is 9.13 Å². The summed E-state index contributed by atoms with van der Waals surface area (Å²) in [5.74, 6) is 1.16. The van der Waals surface area contributed by atoms with E-state index in [-0.39, 0.29) is 25.7 Å². The molecule has 0 aliphatic heterocycles. The second-order valence-corrected chi connectivity index (χ2v) is 37.4. The lowest BCUT2D eigenvalue weighted by atomic mass is 9.99. The Labute approximate surface area is 683 Å². The Morgan fingerprint density at radius 2 is 0.432 bits per heavy atom. The largest absolute Gasteiger partial charge is 0.472 e. The number of aliphatic hydroxyl groups excluding tert-OH is 1. The van der Waals surface area contributed by atoms with Crippen LogP contribution in [0.15, 0.2) is 0 Å². The Hall–Kier alpha value is -1.94. The van der Waals surface area contributed by atoms with Crippen LogP contribution in [0.4, 0.5) is 0 Å². The standard InChI is InChI=1S/C92H180O17P2/c1-9-84(7)70-62-54-46-37-31-25-19-15-11-13-17-21-27-33-39-48-56-64-72-89(94)102-78-87(108-91(96)74-66-58-50-40-34-28-22-18-14-12-16-20-26-32-38-47-55-63-71-85(8)10-2)80-106-110(98,99)104-76-86(93)77-105-111(100,101)107-81-88(79-103-90(95)73-65-57-49-43-42-45-53-61-69-83(5)6)109-92(97)75-67-59-51-41-35-29-23-24-30-36-44-52-60-68-82(3)4/h82-88,93H,9-81H2,1-8H3,(H,98,99)(H,100,101)/t84?,85?,86-,87-,88-/m1/s1. The Balaban J connectivity index is 5.23. The first-order valence-electron chi connectivity index (χ1n) is 47.3. The van der Waals surface area contributed by atoms with Crippen LogP contribution in [-0.2, 0) is 65.4 Å². The van der Waals surface area contributed by atoms with Gasteiger partial charge in [-0.15, -0.1) is 0 Å². The van der Waals surface area contributed by atoms with Crippen LogP contribution in [-0.4, -0.2) is 96.7 Å². The highest BCUT2D eigenvalue weighted by Crippen LogP contribution is 2.45. The summed E-state index contributed by atoms with van der Waals surface area (Å²) in [7, 11) is -9.94. The fraction of sp³-hybridized carbons (Fsp3) is 0.957. The molecule has 17 nitrogen and oxygen atoms in total. The molecule has 3 N–H and O–H groups in total. The predicted molar refractivity (Wildman–Crippen MR) is 460 cm³/mol. The summed E-state index contributed by atoms with van der Waals surface area (Å²) in [5, 5.41) is 10.7. The highest BCUT2D eigenvalue weighted by Gasteiger charge is 2.31. The molecular formula is C92H180O17P2. The lowest BCUT2D eigenvalue weighted by Crippen LogP contribution is -2.30. The monoisotopic (exact) mass is 1620 g/mol. The van der Waals surface area contributed by atoms with E-state index in [1.54, 1.807) is 0 Å². The molecule has 660 valence electrons. The fourth-order valence-corrected chi connectivity index (χ4v) is 15.9. The van der Waals surface area contributed by atoms with Gasteiger partial charge in [0.1, 0.15) is 19.3 Å². The zero-order valence-electron chi connectivity index (χ0n) is 73.6. The van der Waals surface area contributed by atoms with E-state index < -0.39 is 97.5 Å². The van der Waals surface area contributed by atoms with Crippen molar-refractivity contribution in [2.24, 2.45) is 23.7 Å². The minimum Gasteiger partial charge on any atom is -0.462 e. The zero-order chi connectivity index (χ0) is 81.6. The second kappa shape index (κ2) is 80.5. The van der Waals surface area contributed by atoms with Gasteiger partial charge in [0.15, 0.2) is 12.2 Å². The van der Waals surface area contributed by atoms with Crippen molar-refractivity contribution in [3.63, 3.8) is 0 Å². The van der Waals surface area contributed by atoms with Gasteiger partial charge in [0.2, 0.25) is 0 Å². The van der Waals surface area contributed by atoms with Crippen LogP contribution in [0.3, 0.4) is 0 Å². The molecule has 0 aliphatic rings. The number of hydrogen-bond acceptors (Lipinski definition) is 15. The number of carbonyl (C=O) groups is 4. The second-order valence-electron chi connectivity index (χ2n) is 34.5. The lowest BCUT2D eigenvalue weighted by molar-refractivity contribution is -0.161. The van der Waals surface area contributed by atoms with Gasteiger partial charge in [-0.1, -0.05) is 434 Å². The van der Waals surface area contributed by atoms with Gasteiger partial charge in [0, 0.05) is 25.7 Å². The van der Waals surface area contributed by atoms with Crippen molar-refractivity contribution in [2.45, 2.75) is 504 Å². The molecule has 0 fully saturated rings. The summed E-state index contributed by atoms with van der Waals surface area (Å²) in [4.78, 5) is 73.4. The molecule has 0 saturated carbocycles. The molecule has 0 amide bonds. The highest BCUT2D eigenvalue weighted by molar-refractivity contribution is 7.47. The number of phosphoric acid groups is 2. The molecule has 0 rings (SSSR count). The number of hydrogen-bond donors (Lipinski definition) is 3. The smallest absolute Gasteiger partial charge is 0.462 e. The van der Waals surface area contributed by atoms with Crippen LogP contribution in [0.25, 0.3) is 0 Å². The quantitative estimate of drug-likeness (QED) is 0.0222. The van der Waals surface area contributed by atoms with Crippen LogP contribution in [0.1, 0.15) is 486 Å². The number of ether oxygens (including phenoxy) is 4. The Kier molecular flexibility index (Phi) is 79.1. The summed E-state index contributed by atoms with van der Waals surface area (Å²) < 4.78 is 69.1. The van der Waals surface area contributed by atoms with E-state index in [1.807, 2.05) is 0 Å². The number of aliphatic hydroxyl groups is 1. The van der Waals surface area contributed by atoms with Crippen molar-refractivity contribution in [3.8, 4) is 0 Å². The van der Waals surface area contributed by atoms with Crippen molar-refractivity contribution in [1.82, 2.24) is 0 Å². The fourth-order valence-electron chi connectivity index (χ4n) is 14.3. The van der Waals surface area contributed by atoms with Crippen molar-refractivity contribution in [2.75, 3.05) is 39.6 Å². The number of phosphoric ester groups is 2. The molecule has 0 aromatic carbocycles. The molecule has 0 spiro atoms. The molecule has 19 heteroatoms. The number of unbranched alkanes of at least 4 members (excludes halogenated alkanes) is 53. The number of esters is 4. The van der Waals surface area contributed by atoms with E-state index in [4.69, 9.17) is 37.0 Å². The molecule has 0 heterocycles. The van der Waals surface area contributed by atoms with Gasteiger partial charge >= 0.3 is 39.5 Å². The average molecular weight is 1620 g/mol. The van der Waals surface area contributed by atoms with Gasteiger partial charge in [-0.2, -0.15) is 0 Å². The van der Waals surface area contributed by atoms with Crippen LogP contribution in [0.5, 0.6) is 0 Å². The van der Waals surface area contributed by atoms with E-state index in [1.165, 1.54) is 289 Å². The molecule has 111 heavy (non-hydrogen) atoms. The van der Waals surface area contributed by atoms with Crippen molar-refractivity contribution >= 4 is 39.5 Å². The third-order valence-electron chi connectivity index (χ3n) is 22.3. The predicted octanol–water partition coefficient (Wildman–Crippen LogP) is 28.3. The molecule has 0 aromatic rings. The summed E-state index contributed by atoms with van der Waals surface area (Å²) in [6.45, 7) is 14.4. The Morgan fingerprint density at radius 3 is 0.640 bits per heavy atom. The lowest BCUT2D eigenvalue weighted by Gasteiger charge is -2.21. The van der Waals surface area contributed by atoms with Gasteiger partial charge in [0.25, 0.3) is 0 Å². The maximum atomic E-state index is 13.2. The summed E-state index contributed by atoms with van der Waals surface area (Å²) in [6.07, 6.45) is 72.3. The van der Waals surface area contributed by atoms with Crippen molar-refractivity contribution in [3.05, 3.63) is 0 Å². The number of rotatable bonds is 89. The first kappa shape index (κ1) is 109. The maximum absolute atomic E-state index is 13.2. The minimum absolute atomic E-state index is 0.107. The topological polar surface area (TPSA) is 237 Å². The molecule has 0 radical (unpaired) electrons. The summed E-state index contributed by atoms with van der Waals surface area (Å²) >= 11 is 0. The first-order chi connectivity index (χ1) is 53.7. The van der Waals surface area contributed by atoms with E-state index in [0.717, 1.165) is 114 Å². The van der Waals surface area contributed by atoms with Gasteiger partial charge < -0.3 is 33.8 Å². The third kappa shape index (κ3) is 82.9. The molecule has 0 aliphatic carbocycles. The van der Waals surface area contributed by atoms with E-state index in [9.17, 15) is 43.2 Å². The van der Waals surface area contributed by atoms with Crippen LogP contribution < -0.4 is 0 Å². The third-order valence-corrected chi connectivity index (χ3v) is 24.2. The molecule has 0 saturated heterocycles. The summed E-state index contributed by atoms with van der Waals surface area (Å²) in [5.41, 5.74) is 0. The molecule has 0 bridgehead atoms. The van der Waals surface area contributed by atoms with Gasteiger partial charge in [0.05, 0.1) is 26.4 Å². The molecule has 0 aromatic heterocycles. The normalized spacial score (nSPS) is 14.3. The zero-order valence-corrected chi connectivity index (χ0v) is 75.4. The summed E-state index contributed by atoms with van der Waals surface area (Å²) in [6, 6.07) is 0. The minimum atomic E-state index is -4.97. The van der Waals surface area contributed by atoms with E-state index >= 15 is 0 Å². The molecular weight excluding hydrogens is 1440 g/mol. The Morgan fingerprint density at radius 1 is 0.252 bits per heavy atom. The SMILES string of the molecule is CCC(C)CCCCCCCCCCCCCCCCCCCCC(=O)OC[C@H](COP(=O)(O)OC[C@@H](O)COP(=O)(O)OC[C@@H](COC(=O)CCCCCCCCCCC(C)C)OC(=O)CCCCCCCCCCCCCCCC(C)C)OC(=O)CCCCCCCCCCCCCCCCCCCCC(C)CC. The highest BCUT2D eigenvalue weighted by atomic mass is 31.2. The Bertz CT molecular complexity index is 2150. The van der Waals surface area contributed by atoms with Crippen LogP contribution in [0.2, 0.25) is 0 Å². The van der Waals surface area contributed by atoms with E-state index in [0.29, 0.717) is 25.7 Å². The van der Waals surface area contributed by atoms with E-state index in [2.05, 4.69) is 55.4 Å². The van der Waals surface area contributed by atoms with Gasteiger partial charge in [-0.3, -0.25) is 37.3 Å². The van der Waals surface area contributed by atoms with Crippen molar-refractivity contribution < 1.29 is 80.2 Å². The average Bonchev–Trinajstić information content (AvgIpc) is 0.898. The molecule has 7 atom stereocenters. The van der Waals surface area contributed by atoms with Gasteiger partial charge in [-0.05, 0) is 49.4 Å². The molecule has 4 unspecified atom stereocenters. The first-order valence-corrected chi connectivity index (χ1v) is 50.3.